The molecule has 2 unspecified atom stereocenters. The zero-order chi connectivity index (χ0) is 23.8. The molecule has 10 heteroatoms. The van der Waals surface area contributed by atoms with Crippen molar-refractivity contribution in [1.29, 1.82) is 0 Å². The molecule has 33 heavy (non-hydrogen) atoms. The molecule has 1 amide bonds. The number of amides is 1. The number of carbonyl (C=O) groups excluding carboxylic acids is 1. The van der Waals surface area contributed by atoms with Crippen molar-refractivity contribution in [3.63, 3.8) is 0 Å². The van der Waals surface area contributed by atoms with Gasteiger partial charge in [0.2, 0.25) is 5.95 Å². The van der Waals surface area contributed by atoms with Crippen molar-refractivity contribution in [3.05, 3.63) is 23.6 Å². The Morgan fingerprint density at radius 2 is 2.12 bits per heavy atom. The fraction of sp³-hybridized carbons (Fsp3) is 0.652. The molecule has 2 fully saturated rings. The number of aryl methyl sites for hydroxylation is 1. The molecule has 1 saturated heterocycles. The number of likely N-dealkylation sites (tertiary alicyclic amines) is 1. The first-order valence-electron chi connectivity index (χ1n) is 11.5. The Morgan fingerprint density at radius 3 is 2.82 bits per heavy atom. The lowest BCUT2D eigenvalue weighted by Gasteiger charge is -2.41. The van der Waals surface area contributed by atoms with Crippen molar-refractivity contribution in [2.24, 2.45) is 12.5 Å². The van der Waals surface area contributed by atoms with Crippen LogP contribution < -0.4 is 10.2 Å². The van der Waals surface area contributed by atoms with Crippen LogP contribution in [0.5, 0.6) is 0 Å². The summed E-state index contributed by atoms with van der Waals surface area (Å²) in [4.78, 5) is 25.7. The average Bonchev–Trinajstić information content (AvgIpc) is 3.34. The van der Waals surface area contributed by atoms with Gasteiger partial charge < -0.3 is 19.9 Å². The molecule has 3 heterocycles. The van der Waals surface area contributed by atoms with Gasteiger partial charge in [-0.2, -0.15) is 10.1 Å². The van der Waals surface area contributed by atoms with Crippen molar-refractivity contribution < 1.29 is 9.53 Å². The van der Waals surface area contributed by atoms with E-state index in [4.69, 9.17) is 16.3 Å². The molecule has 0 bridgehead atoms. The number of aromatic nitrogens is 4. The molecule has 1 spiro atoms. The predicted octanol–water partition coefficient (Wildman–Crippen LogP) is 4.61. The third kappa shape index (κ3) is 5.51. The first kappa shape index (κ1) is 23.6. The van der Waals surface area contributed by atoms with Crippen LogP contribution in [0.25, 0.3) is 0 Å². The van der Waals surface area contributed by atoms with Crippen molar-refractivity contribution in [1.82, 2.24) is 24.6 Å². The summed E-state index contributed by atoms with van der Waals surface area (Å²) in [5, 5.41) is 7.87. The Morgan fingerprint density at radius 1 is 1.33 bits per heavy atom. The van der Waals surface area contributed by atoms with Gasteiger partial charge in [0, 0.05) is 39.4 Å². The highest BCUT2D eigenvalue weighted by Gasteiger charge is 2.45. The highest BCUT2D eigenvalue weighted by molar-refractivity contribution is 6.32. The van der Waals surface area contributed by atoms with E-state index in [1.54, 1.807) is 17.1 Å². The zero-order valence-corrected chi connectivity index (χ0v) is 20.9. The topological polar surface area (TPSA) is 88.4 Å². The van der Waals surface area contributed by atoms with Crippen molar-refractivity contribution >= 4 is 35.1 Å². The molecule has 2 aliphatic rings. The van der Waals surface area contributed by atoms with Crippen LogP contribution in [0.3, 0.4) is 0 Å². The van der Waals surface area contributed by atoms with Crippen LogP contribution in [-0.4, -0.2) is 62.5 Å². The van der Waals surface area contributed by atoms with E-state index < -0.39 is 5.60 Å². The SMILES string of the molecule is CN(c1nc(Nc2cnn(C)c2)ncc1Cl)C1CCC2(CCCN(C(=O)OC(C)(C)C)C2)C1. The van der Waals surface area contributed by atoms with Gasteiger partial charge in [-0.05, 0) is 58.3 Å². The Kier molecular flexibility index (Phi) is 6.44. The van der Waals surface area contributed by atoms with Gasteiger partial charge >= 0.3 is 6.09 Å². The summed E-state index contributed by atoms with van der Waals surface area (Å²) in [7, 11) is 3.90. The van der Waals surface area contributed by atoms with Gasteiger partial charge in [0.25, 0.3) is 0 Å². The number of halogens is 1. The summed E-state index contributed by atoms with van der Waals surface area (Å²) in [6, 6.07) is 0.294. The molecule has 2 aromatic heterocycles. The average molecular weight is 476 g/mol. The second-order valence-electron chi connectivity index (χ2n) is 10.4. The second-order valence-corrected chi connectivity index (χ2v) is 10.8. The third-order valence-electron chi connectivity index (χ3n) is 6.56. The van der Waals surface area contributed by atoms with Crippen molar-refractivity contribution in [2.75, 3.05) is 30.4 Å². The van der Waals surface area contributed by atoms with Crippen LogP contribution in [0.4, 0.5) is 22.2 Å². The quantitative estimate of drug-likeness (QED) is 0.690. The maximum atomic E-state index is 12.7. The van der Waals surface area contributed by atoms with Gasteiger partial charge in [0.05, 0.1) is 18.1 Å². The standard InChI is InChI=1S/C23H34ClN7O2/c1-22(2,3)33-21(32)31-10-6-8-23(15-31)9-7-17(11-23)30(5)19-18(24)13-25-20(28-19)27-16-12-26-29(4)14-16/h12-14,17H,6-11,15H2,1-5H3,(H,25,27,28). The molecule has 9 nitrogen and oxygen atoms in total. The first-order chi connectivity index (χ1) is 15.5. The Labute approximate surface area is 200 Å². The van der Waals surface area contributed by atoms with E-state index in [0.29, 0.717) is 22.8 Å². The summed E-state index contributed by atoms with van der Waals surface area (Å²) in [5.41, 5.74) is 0.452. The van der Waals surface area contributed by atoms with Crippen molar-refractivity contribution in [2.45, 2.75) is 64.5 Å². The van der Waals surface area contributed by atoms with E-state index in [2.05, 4.69) is 25.3 Å². The third-order valence-corrected chi connectivity index (χ3v) is 6.82. The van der Waals surface area contributed by atoms with Crippen LogP contribution in [0.15, 0.2) is 18.6 Å². The number of anilines is 3. The van der Waals surface area contributed by atoms with Crippen LogP contribution in [0.2, 0.25) is 5.02 Å². The Balaban J connectivity index is 1.44. The van der Waals surface area contributed by atoms with E-state index >= 15 is 0 Å². The first-order valence-corrected chi connectivity index (χ1v) is 11.9. The molecule has 0 radical (unpaired) electrons. The highest BCUT2D eigenvalue weighted by atomic mass is 35.5. The minimum atomic E-state index is -0.481. The van der Waals surface area contributed by atoms with E-state index in [1.807, 2.05) is 46.0 Å². The fourth-order valence-electron chi connectivity index (χ4n) is 5.02. The zero-order valence-electron chi connectivity index (χ0n) is 20.1. The fourth-order valence-corrected chi connectivity index (χ4v) is 5.25. The van der Waals surface area contributed by atoms with Gasteiger partial charge in [-0.1, -0.05) is 11.6 Å². The number of hydrogen-bond donors (Lipinski definition) is 1. The van der Waals surface area contributed by atoms with Crippen molar-refractivity contribution in [3.8, 4) is 0 Å². The minimum absolute atomic E-state index is 0.115. The van der Waals surface area contributed by atoms with E-state index in [9.17, 15) is 4.79 Å². The lowest BCUT2D eigenvalue weighted by atomic mass is 9.78. The molecule has 2 aromatic rings. The highest BCUT2D eigenvalue weighted by Crippen LogP contribution is 2.47. The predicted molar refractivity (Wildman–Crippen MR) is 129 cm³/mol. The Hall–Kier alpha value is -2.55. The number of carbonyl (C=O) groups is 1. The molecular formula is C23H34ClN7O2. The summed E-state index contributed by atoms with van der Waals surface area (Å²) in [6.45, 7) is 7.24. The van der Waals surface area contributed by atoms with Crippen LogP contribution in [0.1, 0.15) is 52.9 Å². The van der Waals surface area contributed by atoms with Gasteiger partial charge in [-0.15, -0.1) is 0 Å². The second kappa shape index (κ2) is 9.00. The summed E-state index contributed by atoms with van der Waals surface area (Å²) in [5.74, 6) is 1.19. The monoisotopic (exact) mass is 475 g/mol. The molecule has 1 saturated carbocycles. The number of ether oxygens (including phenoxy) is 1. The van der Waals surface area contributed by atoms with Gasteiger partial charge in [-0.25, -0.2) is 9.78 Å². The molecule has 180 valence electrons. The number of nitrogens with one attached hydrogen (secondary N) is 1. The van der Waals surface area contributed by atoms with Gasteiger partial charge in [-0.3, -0.25) is 4.68 Å². The van der Waals surface area contributed by atoms with Gasteiger partial charge in [0.15, 0.2) is 5.82 Å². The normalized spacial score (nSPS) is 23.1. The molecule has 0 aromatic carbocycles. The minimum Gasteiger partial charge on any atom is -0.444 e. The summed E-state index contributed by atoms with van der Waals surface area (Å²) >= 11 is 6.50. The van der Waals surface area contributed by atoms with Crippen LogP contribution in [-0.2, 0) is 11.8 Å². The van der Waals surface area contributed by atoms with E-state index in [-0.39, 0.29) is 11.5 Å². The molecule has 1 aliphatic carbocycles. The largest absolute Gasteiger partial charge is 0.444 e. The smallest absolute Gasteiger partial charge is 0.410 e. The maximum absolute atomic E-state index is 12.7. The number of nitrogens with zero attached hydrogens (tertiary/aromatic N) is 6. The lowest BCUT2D eigenvalue weighted by Crippen LogP contribution is -2.47. The number of hydrogen-bond acceptors (Lipinski definition) is 7. The maximum Gasteiger partial charge on any atom is 0.410 e. The molecule has 4 rings (SSSR count). The molecular weight excluding hydrogens is 442 g/mol. The van der Waals surface area contributed by atoms with Crippen LogP contribution in [0, 0.1) is 5.41 Å². The molecule has 2 atom stereocenters. The van der Waals surface area contributed by atoms with Gasteiger partial charge in [0.1, 0.15) is 10.6 Å². The molecule has 1 aliphatic heterocycles. The summed E-state index contributed by atoms with van der Waals surface area (Å²) < 4.78 is 7.35. The van der Waals surface area contributed by atoms with E-state index in [1.165, 1.54) is 0 Å². The number of piperidine rings is 1. The molecule has 1 N–H and O–H groups in total. The summed E-state index contributed by atoms with van der Waals surface area (Å²) in [6.07, 6.45) is 10.2. The lowest BCUT2D eigenvalue weighted by molar-refractivity contribution is 0.00477. The van der Waals surface area contributed by atoms with E-state index in [0.717, 1.165) is 50.9 Å². The number of rotatable bonds is 4. The Bertz CT molecular complexity index is 1000. The van der Waals surface area contributed by atoms with Crippen LogP contribution >= 0.6 is 11.6 Å².